The lowest BCUT2D eigenvalue weighted by molar-refractivity contribution is -0.137. The standard InChI is InChI=1S/C26H29N3O6/c1-26(2,3)35-25(33)28-22(14-15-23(30)31)24(32)27-18-6-10-20(11-7-18)34-21-12-8-19(9-13-21)29-16-4-5-17-29/h4-13,16-17,22H,14-15H2,1-3H3,(H,27,32)(H,28,33)(H,30,31). The molecule has 0 radical (unpaired) electrons. The largest absolute Gasteiger partial charge is 0.481 e. The van der Waals surface area contributed by atoms with Crippen LogP contribution in [0.3, 0.4) is 0 Å². The number of hydrogen-bond acceptors (Lipinski definition) is 5. The summed E-state index contributed by atoms with van der Waals surface area (Å²) in [5, 5.41) is 14.1. The quantitative estimate of drug-likeness (QED) is 0.399. The first kappa shape index (κ1) is 25.4. The van der Waals surface area contributed by atoms with Crippen molar-refractivity contribution >= 4 is 23.7 Å². The number of nitrogens with zero attached hydrogens (tertiary/aromatic N) is 1. The molecule has 0 aliphatic rings. The number of anilines is 1. The van der Waals surface area contributed by atoms with Crippen molar-refractivity contribution in [2.45, 2.75) is 45.3 Å². The lowest BCUT2D eigenvalue weighted by Gasteiger charge is -2.23. The smallest absolute Gasteiger partial charge is 0.408 e. The fraction of sp³-hybridized carbons (Fsp3) is 0.269. The van der Waals surface area contributed by atoms with Crippen LogP contribution in [0.4, 0.5) is 10.5 Å². The second kappa shape index (κ2) is 11.2. The van der Waals surface area contributed by atoms with Crippen molar-refractivity contribution in [1.29, 1.82) is 0 Å². The van der Waals surface area contributed by atoms with Crippen molar-refractivity contribution in [2.75, 3.05) is 5.32 Å². The van der Waals surface area contributed by atoms with Gasteiger partial charge in [-0.1, -0.05) is 0 Å². The third kappa shape index (κ3) is 8.22. The van der Waals surface area contributed by atoms with E-state index in [0.29, 0.717) is 17.2 Å². The molecule has 35 heavy (non-hydrogen) atoms. The van der Waals surface area contributed by atoms with E-state index in [9.17, 15) is 14.4 Å². The fourth-order valence-electron chi connectivity index (χ4n) is 3.15. The molecule has 1 unspecified atom stereocenters. The Balaban J connectivity index is 1.60. The van der Waals surface area contributed by atoms with Crippen LogP contribution in [0.25, 0.3) is 5.69 Å². The Labute approximate surface area is 203 Å². The molecule has 9 nitrogen and oxygen atoms in total. The van der Waals surface area contributed by atoms with Gasteiger partial charge >= 0.3 is 12.1 Å². The third-order valence-corrected chi connectivity index (χ3v) is 4.75. The molecular weight excluding hydrogens is 450 g/mol. The molecule has 0 bridgehead atoms. The highest BCUT2D eigenvalue weighted by molar-refractivity contribution is 5.96. The van der Waals surface area contributed by atoms with Crippen molar-refractivity contribution < 1.29 is 29.0 Å². The Bertz CT molecular complexity index is 1130. The van der Waals surface area contributed by atoms with Crippen LogP contribution in [-0.4, -0.2) is 39.3 Å². The zero-order chi connectivity index (χ0) is 25.4. The molecule has 0 aliphatic heterocycles. The Morgan fingerprint density at radius 2 is 1.51 bits per heavy atom. The molecular formula is C26H29N3O6. The van der Waals surface area contributed by atoms with Crippen molar-refractivity contribution in [3.8, 4) is 17.2 Å². The molecule has 1 aromatic heterocycles. The highest BCUT2D eigenvalue weighted by atomic mass is 16.6. The monoisotopic (exact) mass is 479 g/mol. The average molecular weight is 480 g/mol. The first-order valence-electron chi connectivity index (χ1n) is 11.1. The highest BCUT2D eigenvalue weighted by Gasteiger charge is 2.25. The van der Waals surface area contributed by atoms with Gasteiger partial charge in [-0.15, -0.1) is 0 Å². The summed E-state index contributed by atoms with van der Waals surface area (Å²) in [6.07, 6.45) is 2.75. The number of ether oxygens (including phenoxy) is 2. The van der Waals surface area contributed by atoms with E-state index in [0.717, 1.165) is 5.69 Å². The van der Waals surface area contributed by atoms with Crippen LogP contribution in [0.15, 0.2) is 73.1 Å². The van der Waals surface area contributed by atoms with Crippen LogP contribution in [0.5, 0.6) is 11.5 Å². The van der Waals surface area contributed by atoms with Gasteiger partial charge in [-0.2, -0.15) is 0 Å². The molecule has 0 spiro atoms. The van der Waals surface area contributed by atoms with Gasteiger partial charge in [0.15, 0.2) is 0 Å². The van der Waals surface area contributed by atoms with E-state index in [-0.39, 0.29) is 12.8 Å². The Morgan fingerprint density at radius 1 is 0.943 bits per heavy atom. The Hall–Kier alpha value is -4.27. The summed E-state index contributed by atoms with van der Waals surface area (Å²) in [7, 11) is 0. The Morgan fingerprint density at radius 3 is 2.06 bits per heavy atom. The average Bonchev–Trinajstić information content (AvgIpc) is 3.32. The maximum atomic E-state index is 12.7. The minimum absolute atomic E-state index is 0.0827. The minimum Gasteiger partial charge on any atom is -0.481 e. The molecule has 0 saturated carbocycles. The molecule has 3 aromatic rings. The van der Waals surface area contributed by atoms with Gasteiger partial charge in [0.25, 0.3) is 0 Å². The normalized spacial score (nSPS) is 11.9. The summed E-state index contributed by atoms with van der Waals surface area (Å²) in [6, 6.07) is 17.1. The predicted octanol–water partition coefficient (Wildman–Crippen LogP) is 4.97. The van der Waals surface area contributed by atoms with Gasteiger partial charge in [0.05, 0.1) is 0 Å². The third-order valence-electron chi connectivity index (χ3n) is 4.75. The van der Waals surface area contributed by atoms with Gasteiger partial charge in [-0.3, -0.25) is 9.59 Å². The number of amides is 2. The zero-order valence-electron chi connectivity index (χ0n) is 19.9. The van der Waals surface area contributed by atoms with E-state index >= 15 is 0 Å². The highest BCUT2D eigenvalue weighted by Crippen LogP contribution is 2.24. The molecule has 3 N–H and O–H groups in total. The van der Waals surface area contributed by atoms with Crippen LogP contribution in [0, 0.1) is 0 Å². The van der Waals surface area contributed by atoms with E-state index in [2.05, 4.69) is 10.6 Å². The van der Waals surface area contributed by atoms with Gasteiger partial charge in [0.2, 0.25) is 5.91 Å². The van der Waals surface area contributed by atoms with E-state index in [1.165, 1.54) is 0 Å². The van der Waals surface area contributed by atoms with Crippen molar-refractivity contribution in [2.24, 2.45) is 0 Å². The molecule has 9 heteroatoms. The van der Waals surface area contributed by atoms with Crippen molar-refractivity contribution in [3.05, 3.63) is 73.1 Å². The molecule has 184 valence electrons. The molecule has 0 saturated heterocycles. The van der Waals surface area contributed by atoms with Gasteiger partial charge in [-0.05, 0) is 87.9 Å². The fourth-order valence-corrected chi connectivity index (χ4v) is 3.15. The van der Waals surface area contributed by atoms with Gasteiger partial charge in [0, 0.05) is 30.2 Å². The number of carboxylic acid groups (broad SMARTS) is 1. The summed E-state index contributed by atoms with van der Waals surface area (Å²) in [4.78, 5) is 35.8. The molecule has 3 rings (SSSR count). The second-order valence-electron chi connectivity index (χ2n) is 8.83. The number of carboxylic acids is 1. The molecule has 1 atom stereocenters. The van der Waals surface area contributed by atoms with Gasteiger partial charge in [-0.25, -0.2) is 4.79 Å². The first-order chi connectivity index (χ1) is 16.6. The number of nitrogens with one attached hydrogen (secondary N) is 2. The van der Waals surface area contributed by atoms with Crippen LogP contribution >= 0.6 is 0 Å². The van der Waals surface area contributed by atoms with Gasteiger partial charge < -0.3 is 29.8 Å². The zero-order valence-corrected chi connectivity index (χ0v) is 19.9. The number of benzene rings is 2. The lowest BCUT2D eigenvalue weighted by Crippen LogP contribution is -2.46. The number of aliphatic carboxylic acids is 1. The molecule has 0 fully saturated rings. The number of aromatic nitrogens is 1. The topological polar surface area (TPSA) is 119 Å². The number of rotatable bonds is 9. The van der Waals surface area contributed by atoms with Crippen molar-refractivity contribution in [3.63, 3.8) is 0 Å². The van der Waals surface area contributed by atoms with Gasteiger partial charge in [0.1, 0.15) is 23.1 Å². The number of carbonyl (C=O) groups is 3. The molecule has 0 aliphatic carbocycles. The van der Waals surface area contributed by atoms with E-state index < -0.39 is 29.6 Å². The summed E-state index contributed by atoms with van der Waals surface area (Å²) < 4.78 is 13.0. The summed E-state index contributed by atoms with van der Waals surface area (Å²) >= 11 is 0. The minimum atomic E-state index is -1.07. The first-order valence-corrected chi connectivity index (χ1v) is 11.1. The van der Waals surface area contributed by atoms with Crippen LogP contribution < -0.4 is 15.4 Å². The number of hydrogen-bond donors (Lipinski definition) is 3. The summed E-state index contributed by atoms with van der Waals surface area (Å²) in [5.74, 6) is -0.387. The molecule has 2 amide bonds. The maximum absolute atomic E-state index is 12.7. The van der Waals surface area contributed by atoms with Crippen molar-refractivity contribution in [1.82, 2.24) is 9.88 Å². The SMILES string of the molecule is CC(C)(C)OC(=O)NC(CCC(=O)O)C(=O)Nc1ccc(Oc2ccc(-n3cccc3)cc2)cc1. The van der Waals surface area contributed by atoms with E-state index in [1.807, 2.05) is 53.4 Å². The predicted molar refractivity (Wildman–Crippen MR) is 131 cm³/mol. The number of alkyl carbamates (subject to hydrolysis) is 1. The van der Waals surface area contributed by atoms with Crippen LogP contribution in [-0.2, 0) is 14.3 Å². The number of carbonyl (C=O) groups excluding carboxylic acids is 2. The van der Waals surface area contributed by atoms with E-state index in [1.54, 1.807) is 45.0 Å². The van der Waals surface area contributed by atoms with E-state index in [4.69, 9.17) is 14.6 Å². The summed E-state index contributed by atoms with van der Waals surface area (Å²) in [6.45, 7) is 5.08. The maximum Gasteiger partial charge on any atom is 0.408 e. The summed E-state index contributed by atoms with van der Waals surface area (Å²) in [5.41, 5.74) is 0.727. The Kier molecular flexibility index (Phi) is 8.14. The lowest BCUT2D eigenvalue weighted by atomic mass is 10.1. The van der Waals surface area contributed by atoms with Crippen LogP contribution in [0.1, 0.15) is 33.6 Å². The van der Waals surface area contributed by atoms with Crippen LogP contribution in [0.2, 0.25) is 0 Å². The second-order valence-corrected chi connectivity index (χ2v) is 8.83. The molecule has 2 aromatic carbocycles. The molecule has 1 heterocycles.